The number of nitrogens with two attached hydrogens (primary N) is 1. The van der Waals surface area contributed by atoms with E-state index in [-0.39, 0.29) is 18.0 Å². The quantitative estimate of drug-likeness (QED) is 0.885. The van der Waals surface area contributed by atoms with Crippen LogP contribution in [0.3, 0.4) is 0 Å². The molecule has 2 N–H and O–H groups in total. The van der Waals surface area contributed by atoms with Gasteiger partial charge in [-0.2, -0.15) is 5.26 Å². The minimum atomic E-state index is -0.0735. The highest BCUT2D eigenvalue weighted by Crippen LogP contribution is 2.19. The molecule has 0 bridgehead atoms. The summed E-state index contributed by atoms with van der Waals surface area (Å²) in [5.74, 6) is -0.0735. The summed E-state index contributed by atoms with van der Waals surface area (Å²) in [4.78, 5) is 14.3. The van der Waals surface area contributed by atoms with E-state index in [0.717, 1.165) is 0 Å². The van der Waals surface area contributed by atoms with Gasteiger partial charge in [0.1, 0.15) is 5.69 Å². The highest BCUT2D eigenvalue weighted by Gasteiger charge is 2.22. The van der Waals surface area contributed by atoms with Crippen LogP contribution in [-0.4, -0.2) is 28.0 Å². The minimum absolute atomic E-state index is 0.0533. The third kappa shape index (κ3) is 3.50. The molecule has 1 heterocycles. The number of carbonyl (C=O) groups is 1. The van der Waals surface area contributed by atoms with Crippen molar-refractivity contribution in [3.8, 4) is 6.07 Å². The lowest BCUT2D eigenvalue weighted by molar-refractivity contribution is 0.0697. The summed E-state index contributed by atoms with van der Waals surface area (Å²) >= 11 is 0. The Balaban J connectivity index is 3.06. The van der Waals surface area contributed by atoms with Crippen LogP contribution in [-0.2, 0) is 0 Å². The van der Waals surface area contributed by atoms with Gasteiger partial charge in [-0.05, 0) is 33.8 Å². The van der Waals surface area contributed by atoms with E-state index < -0.39 is 0 Å². The topological polar surface area (TPSA) is 75.1 Å². The Morgan fingerprint density at radius 1 is 1.47 bits per heavy atom. The maximum atomic E-state index is 12.6. The molecule has 5 nitrogen and oxygen atoms in total. The Hall–Kier alpha value is -1.96. The summed E-state index contributed by atoms with van der Waals surface area (Å²) in [6.07, 6.45) is 2.11. The summed E-state index contributed by atoms with van der Waals surface area (Å²) < 4.78 is 1.87. The molecule has 0 aliphatic carbocycles. The van der Waals surface area contributed by atoms with E-state index in [4.69, 9.17) is 11.0 Å². The Kier molecular flexibility index (Phi) is 4.99. The van der Waals surface area contributed by atoms with Crippen LogP contribution < -0.4 is 5.73 Å². The van der Waals surface area contributed by atoms with Crippen molar-refractivity contribution >= 4 is 11.6 Å². The van der Waals surface area contributed by atoms with Gasteiger partial charge in [0, 0.05) is 24.8 Å². The first-order valence-electron chi connectivity index (χ1n) is 6.53. The predicted molar refractivity (Wildman–Crippen MR) is 75.6 cm³/mol. The van der Waals surface area contributed by atoms with Crippen molar-refractivity contribution in [1.29, 1.82) is 5.26 Å². The zero-order valence-electron chi connectivity index (χ0n) is 12.1. The number of rotatable bonds is 5. The van der Waals surface area contributed by atoms with Crippen molar-refractivity contribution in [3.05, 3.63) is 18.0 Å². The highest BCUT2D eigenvalue weighted by atomic mass is 16.2. The molecule has 0 aromatic carbocycles. The molecule has 1 aromatic heterocycles. The molecule has 104 valence electrons. The average Bonchev–Trinajstić information content (AvgIpc) is 2.71. The van der Waals surface area contributed by atoms with Gasteiger partial charge >= 0.3 is 0 Å². The molecular formula is C14H22N4O. The fraction of sp³-hybridized carbons (Fsp3) is 0.571. The molecular weight excluding hydrogens is 240 g/mol. The summed E-state index contributed by atoms with van der Waals surface area (Å²) in [7, 11) is 0. The van der Waals surface area contributed by atoms with Crippen molar-refractivity contribution in [2.45, 2.75) is 46.2 Å². The van der Waals surface area contributed by atoms with E-state index in [2.05, 4.69) is 6.07 Å². The van der Waals surface area contributed by atoms with Gasteiger partial charge in [0.15, 0.2) is 0 Å². The molecule has 0 saturated carbocycles. The number of nitriles is 1. The van der Waals surface area contributed by atoms with Crippen LogP contribution in [0.15, 0.2) is 12.3 Å². The first-order valence-corrected chi connectivity index (χ1v) is 6.53. The molecule has 1 aromatic rings. The number of nitrogen functional groups attached to an aromatic ring is 1. The minimum Gasteiger partial charge on any atom is -0.397 e. The second-order valence-electron chi connectivity index (χ2n) is 5.16. The van der Waals surface area contributed by atoms with Gasteiger partial charge in [0.2, 0.25) is 0 Å². The lowest BCUT2D eigenvalue weighted by Gasteiger charge is -2.26. The van der Waals surface area contributed by atoms with Crippen LogP contribution in [0.2, 0.25) is 0 Å². The monoisotopic (exact) mass is 262 g/mol. The summed E-state index contributed by atoms with van der Waals surface area (Å²) in [5.41, 5.74) is 6.95. The van der Waals surface area contributed by atoms with Crippen LogP contribution >= 0.6 is 0 Å². The van der Waals surface area contributed by atoms with Gasteiger partial charge in [0.25, 0.3) is 5.91 Å². The third-order valence-corrected chi connectivity index (χ3v) is 2.99. The molecule has 1 amide bonds. The lowest BCUT2D eigenvalue weighted by atomic mass is 10.2. The van der Waals surface area contributed by atoms with Gasteiger partial charge in [0.05, 0.1) is 18.2 Å². The first kappa shape index (κ1) is 15.1. The van der Waals surface area contributed by atoms with Crippen LogP contribution in [0, 0.1) is 11.3 Å². The van der Waals surface area contributed by atoms with E-state index in [0.29, 0.717) is 24.3 Å². The number of hydrogen-bond acceptors (Lipinski definition) is 3. The highest BCUT2D eigenvalue weighted by molar-refractivity contribution is 5.94. The van der Waals surface area contributed by atoms with Crippen molar-refractivity contribution in [3.63, 3.8) is 0 Å². The fourth-order valence-corrected chi connectivity index (χ4v) is 2.01. The van der Waals surface area contributed by atoms with Gasteiger partial charge in [-0.15, -0.1) is 0 Å². The summed E-state index contributed by atoms with van der Waals surface area (Å²) in [6, 6.07) is 4.00. The van der Waals surface area contributed by atoms with Crippen molar-refractivity contribution in [1.82, 2.24) is 9.47 Å². The summed E-state index contributed by atoms with van der Waals surface area (Å²) in [5, 5.41) is 8.68. The Labute approximate surface area is 114 Å². The Bertz CT molecular complexity index is 482. The molecule has 0 unspecified atom stereocenters. The normalized spacial score (nSPS) is 10.8. The second-order valence-corrected chi connectivity index (χ2v) is 5.16. The molecule has 0 saturated heterocycles. The van der Waals surface area contributed by atoms with Gasteiger partial charge in [-0.1, -0.05) is 0 Å². The van der Waals surface area contributed by atoms with Crippen LogP contribution in [0.25, 0.3) is 0 Å². The van der Waals surface area contributed by atoms with Gasteiger partial charge in [-0.3, -0.25) is 4.79 Å². The molecule has 0 atom stereocenters. The molecule has 19 heavy (non-hydrogen) atoms. The second kappa shape index (κ2) is 6.28. The van der Waals surface area contributed by atoms with Crippen molar-refractivity contribution < 1.29 is 4.79 Å². The maximum Gasteiger partial charge on any atom is 0.270 e. The van der Waals surface area contributed by atoms with E-state index in [1.807, 2.05) is 32.3 Å². The predicted octanol–water partition coefficient (Wildman–Crippen LogP) is 2.42. The van der Waals surface area contributed by atoms with E-state index in [1.165, 1.54) is 0 Å². The average molecular weight is 262 g/mol. The van der Waals surface area contributed by atoms with E-state index in [9.17, 15) is 4.79 Å². The fourth-order valence-electron chi connectivity index (χ4n) is 2.01. The van der Waals surface area contributed by atoms with Gasteiger partial charge in [-0.25, -0.2) is 0 Å². The SMILES string of the molecule is CC(C)N(CCC#N)C(=O)c1cc(N)cn1C(C)C. The smallest absolute Gasteiger partial charge is 0.270 e. The summed E-state index contributed by atoms with van der Waals surface area (Å²) in [6.45, 7) is 8.34. The molecule has 0 radical (unpaired) electrons. The number of amides is 1. The number of hydrogen-bond donors (Lipinski definition) is 1. The Morgan fingerprint density at radius 3 is 2.58 bits per heavy atom. The van der Waals surface area contributed by atoms with Gasteiger partial charge < -0.3 is 15.2 Å². The zero-order chi connectivity index (χ0) is 14.6. The van der Waals surface area contributed by atoms with E-state index >= 15 is 0 Å². The lowest BCUT2D eigenvalue weighted by Crippen LogP contribution is -2.38. The number of carbonyl (C=O) groups excluding carboxylic acids is 1. The number of nitrogens with zero attached hydrogens (tertiary/aromatic N) is 3. The number of anilines is 1. The first-order chi connectivity index (χ1) is 8.88. The maximum absolute atomic E-state index is 12.6. The largest absolute Gasteiger partial charge is 0.397 e. The van der Waals surface area contributed by atoms with Crippen molar-refractivity contribution in [2.24, 2.45) is 0 Å². The molecule has 0 aliphatic rings. The van der Waals surface area contributed by atoms with Crippen LogP contribution in [0.5, 0.6) is 0 Å². The standard InChI is InChI=1S/C14H22N4O/c1-10(2)17(7-5-6-15)14(19)13-8-12(16)9-18(13)11(3)4/h8-11H,5,7,16H2,1-4H3. The number of aromatic nitrogens is 1. The van der Waals surface area contributed by atoms with E-state index in [1.54, 1.807) is 17.2 Å². The molecule has 5 heteroatoms. The molecule has 0 spiro atoms. The van der Waals surface area contributed by atoms with Crippen LogP contribution in [0.4, 0.5) is 5.69 Å². The molecule has 0 fully saturated rings. The third-order valence-electron chi connectivity index (χ3n) is 2.99. The zero-order valence-corrected chi connectivity index (χ0v) is 12.1. The van der Waals surface area contributed by atoms with Crippen molar-refractivity contribution in [2.75, 3.05) is 12.3 Å². The molecule has 1 rings (SSSR count). The van der Waals surface area contributed by atoms with Crippen LogP contribution in [0.1, 0.15) is 50.6 Å². The molecule has 0 aliphatic heterocycles. The Morgan fingerprint density at radius 2 is 2.11 bits per heavy atom.